The van der Waals surface area contributed by atoms with E-state index >= 15 is 0 Å². The lowest BCUT2D eigenvalue weighted by Crippen LogP contribution is -2.31. The molecule has 0 aliphatic rings. The van der Waals surface area contributed by atoms with E-state index in [0.29, 0.717) is 19.4 Å². The molecule has 0 aliphatic heterocycles. The van der Waals surface area contributed by atoms with Gasteiger partial charge >= 0.3 is 11.9 Å². The number of hydrogen-bond donors (Lipinski definition) is 1. The molecule has 0 spiro atoms. The zero-order valence-corrected chi connectivity index (χ0v) is 12.5. The zero-order chi connectivity index (χ0) is 14.7. The van der Waals surface area contributed by atoms with Gasteiger partial charge in [0.15, 0.2) is 0 Å². The second-order valence-electron chi connectivity index (χ2n) is 5.00. The van der Waals surface area contributed by atoms with Gasteiger partial charge in [-0.15, -0.1) is 0 Å². The van der Waals surface area contributed by atoms with Gasteiger partial charge in [0.2, 0.25) is 0 Å². The lowest BCUT2D eigenvalue weighted by atomic mass is 9.84. The van der Waals surface area contributed by atoms with Crippen LogP contribution in [0, 0.1) is 11.8 Å². The number of carboxylic acid groups (broad SMARTS) is 1. The lowest BCUT2D eigenvalue weighted by Gasteiger charge is -2.22. The third-order valence-electron chi connectivity index (χ3n) is 3.29. The third kappa shape index (κ3) is 7.19. The van der Waals surface area contributed by atoms with Crippen LogP contribution in [0.2, 0.25) is 0 Å². The zero-order valence-electron chi connectivity index (χ0n) is 12.5. The fourth-order valence-corrected chi connectivity index (χ4v) is 2.14. The molecule has 0 rings (SSSR count). The van der Waals surface area contributed by atoms with Gasteiger partial charge in [-0.05, 0) is 19.3 Å². The van der Waals surface area contributed by atoms with Crippen molar-refractivity contribution in [2.45, 2.75) is 65.7 Å². The standard InChI is InChI=1S/C15H28O4/c1-4-7-9-12(14(16)17)13(10-8-5-2)15(18)19-11-6-3/h12-13H,4-11H2,1-3H3,(H,16,17). The van der Waals surface area contributed by atoms with Crippen LogP contribution in [0.5, 0.6) is 0 Å². The Labute approximate surface area is 116 Å². The Bertz CT molecular complexity index is 263. The second kappa shape index (κ2) is 10.8. The predicted octanol–water partition coefficient (Wildman–Crippen LogP) is 3.64. The molecule has 0 aliphatic carbocycles. The summed E-state index contributed by atoms with van der Waals surface area (Å²) in [6.07, 6.45) is 5.52. The molecule has 0 saturated heterocycles. The normalized spacial score (nSPS) is 13.8. The number of carbonyl (C=O) groups is 2. The Balaban J connectivity index is 4.73. The van der Waals surface area contributed by atoms with Crippen molar-refractivity contribution in [3.63, 3.8) is 0 Å². The van der Waals surface area contributed by atoms with Crippen molar-refractivity contribution in [1.82, 2.24) is 0 Å². The molecule has 19 heavy (non-hydrogen) atoms. The van der Waals surface area contributed by atoms with E-state index < -0.39 is 17.8 Å². The van der Waals surface area contributed by atoms with Gasteiger partial charge in [-0.2, -0.15) is 0 Å². The Morgan fingerprint density at radius 1 is 0.947 bits per heavy atom. The number of hydrogen-bond acceptors (Lipinski definition) is 3. The van der Waals surface area contributed by atoms with Crippen LogP contribution in [0.3, 0.4) is 0 Å². The number of aliphatic carboxylic acids is 1. The van der Waals surface area contributed by atoms with Gasteiger partial charge in [-0.3, -0.25) is 9.59 Å². The van der Waals surface area contributed by atoms with Gasteiger partial charge in [0.25, 0.3) is 0 Å². The van der Waals surface area contributed by atoms with Crippen molar-refractivity contribution < 1.29 is 19.4 Å². The third-order valence-corrected chi connectivity index (χ3v) is 3.29. The summed E-state index contributed by atoms with van der Waals surface area (Å²) in [5.41, 5.74) is 0. The topological polar surface area (TPSA) is 63.6 Å². The number of esters is 1. The molecule has 1 N–H and O–H groups in total. The Hall–Kier alpha value is -1.06. The van der Waals surface area contributed by atoms with Crippen molar-refractivity contribution in [3.05, 3.63) is 0 Å². The van der Waals surface area contributed by atoms with Gasteiger partial charge in [0.05, 0.1) is 18.4 Å². The SMILES string of the molecule is CCCCC(C(=O)O)C(CCCC)C(=O)OCCC. The Kier molecular flexibility index (Phi) is 10.2. The van der Waals surface area contributed by atoms with E-state index in [9.17, 15) is 14.7 Å². The lowest BCUT2D eigenvalue weighted by molar-refractivity contribution is -0.158. The highest BCUT2D eigenvalue weighted by molar-refractivity contribution is 5.81. The largest absolute Gasteiger partial charge is 0.481 e. The number of ether oxygens (including phenoxy) is 1. The fraction of sp³-hybridized carbons (Fsp3) is 0.867. The monoisotopic (exact) mass is 272 g/mol. The van der Waals surface area contributed by atoms with Gasteiger partial charge < -0.3 is 9.84 Å². The van der Waals surface area contributed by atoms with Crippen LogP contribution in [-0.4, -0.2) is 23.7 Å². The molecule has 0 fully saturated rings. The molecule has 4 nitrogen and oxygen atoms in total. The maximum atomic E-state index is 12.0. The van der Waals surface area contributed by atoms with Crippen molar-refractivity contribution in [2.75, 3.05) is 6.61 Å². The van der Waals surface area contributed by atoms with Crippen LogP contribution in [0.25, 0.3) is 0 Å². The highest BCUT2D eigenvalue weighted by Crippen LogP contribution is 2.26. The number of carbonyl (C=O) groups excluding carboxylic acids is 1. The predicted molar refractivity (Wildman–Crippen MR) is 74.9 cm³/mol. The molecule has 0 saturated carbocycles. The van der Waals surface area contributed by atoms with Gasteiger partial charge in [0.1, 0.15) is 0 Å². The summed E-state index contributed by atoms with van der Waals surface area (Å²) in [6.45, 7) is 6.37. The van der Waals surface area contributed by atoms with Crippen LogP contribution >= 0.6 is 0 Å². The first-order valence-electron chi connectivity index (χ1n) is 7.47. The Morgan fingerprint density at radius 3 is 1.89 bits per heavy atom. The van der Waals surface area contributed by atoms with Gasteiger partial charge in [-0.25, -0.2) is 0 Å². The maximum Gasteiger partial charge on any atom is 0.309 e. The van der Waals surface area contributed by atoms with Gasteiger partial charge in [0, 0.05) is 0 Å². The highest BCUT2D eigenvalue weighted by Gasteiger charge is 2.33. The van der Waals surface area contributed by atoms with Gasteiger partial charge in [-0.1, -0.05) is 46.5 Å². The van der Waals surface area contributed by atoms with E-state index in [1.54, 1.807) is 0 Å². The minimum atomic E-state index is -0.872. The Morgan fingerprint density at radius 2 is 1.47 bits per heavy atom. The highest BCUT2D eigenvalue weighted by atomic mass is 16.5. The molecule has 0 radical (unpaired) electrons. The molecule has 2 atom stereocenters. The molecular weight excluding hydrogens is 244 g/mol. The number of unbranched alkanes of at least 4 members (excludes halogenated alkanes) is 2. The van der Waals surface area contributed by atoms with Crippen LogP contribution in [0.15, 0.2) is 0 Å². The van der Waals surface area contributed by atoms with E-state index in [-0.39, 0.29) is 5.97 Å². The van der Waals surface area contributed by atoms with E-state index in [1.165, 1.54) is 0 Å². The van der Waals surface area contributed by atoms with Crippen LogP contribution < -0.4 is 0 Å². The first kappa shape index (κ1) is 17.9. The van der Waals surface area contributed by atoms with E-state index in [2.05, 4.69) is 0 Å². The molecule has 0 aromatic heterocycles. The summed E-state index contributed by atoms with van der Waals surface area (Å²) < 4.78 is 5.16. The number of carboxylic acids is 1. The first-order chi connectivity index (χ1) is 9.08. The quantitative estimate of drug-likeness (QED) is 0.583. The molecule has 4 heteroatoms. The molecular formula is C15H28O4. The van der Waals surface area contributed by atoms with Crippen molar-refractivity contribution >= 4 is 11.9 Å². The summed E-state index contributed by atoms with van der Waals surface area (Å²) in [5, 5.41) is 9.34. The van der Waals surface area contributed by atoms with Crippen LogP contribution in [-0.2, 0) is 14.3 Å². The van der Waals surface area contributed by atoms with Crippen LogP contribution in [0.1, 0.15) is 65.7 Å². The molecule has 0 aromatic rings. The summed E-state index contributed by atoms with van der Waals surface area (Å²) in [7, 11) is 0. The average Bonchev–Trinajstić information content (AvgIpc) is 2.39. The fourth-order valence-electron chi connectivity index (χ4n) is 2.14. The molecule has 0 bridgehead atoms. The van der Waals surface area contributed by atoms with Crippen molar-refractivity contribution in [2.24, 2.45) is 11.8 Å². The summed E-state index contributed by atoms with van der Waals surface area (Å²) in [6, 6.07) is 0. The maximum absolute atomic E-state index is 12.0. The smallest absolute Gasteiger partial charge is 0.309 e. The second-order valence-corrected chi connectivity index (χ2v) is 5.00. The minimum absolute atomic E-state index is 0.334. The van der Waals surface area contributed by atoms with Crippen molar-refractivity contribution in [3.8, 4) is 0 Å². The molecule has 0 heterocycles. The summed E-state index contributed by atoms with van der Waals surface area (Å²) in [4.78, 5) is 23.4. The average molecular weight is 272 g/mol. The van der Waals surface area contributed by atoms with Crippen LogP contribution in [0.4, 0.5) is 0 Å². The number of rotatable bonds is 11. The van der Waals surface area contributed by atoms with E-state index in [1.807, 2.05) is 20.8 Å². The van der Waals surface area contributed by atoms with Crippen molar-refractivity contribution in [1.29, 1.82) is 0 Å². The molecule has 0 aromatic carbocycles. The molecule has 112 valence electrons. The summed E-state index contributed by atoms with van der Waals surface area (Å²) in [5.74, 6) is -2.30. The minimum Gasteiger partial charge on any atom is -0.481 e. The summed E-state index contributed by atoms with van der Waals surface area (Å²) >= 11 is 0. The van der Waals surface area contributed by atoms with E-state index in [0.717, 1.165) is 32.1 Å². The first-order valence-corrected chi connectivity index (χ1v) is 7.47. The molecule has 0 amide bonds. The van der Waals surface area contributed by atoms with E-state index in [4.69, 9.17) is 4.74 Å². The molecule has 2 unspecified atom stereocenters.